The fraction of sp³-hybridized carbons (Fsp3) is 0.900. The van der Waals surface area contributed by atoms with Gasteiger partial charge in [-0.3, -0.25) is 10.4 Å². The normalized spacial score (nSPS) is 22.6. The molecule has 0 spiro atoms. The number of aliphatic imine (C=N–C) groups is 1. The lowest BCUT2D eigenvalue weighted by atomic mass is 10.0. The van der Waals surface area contributed by atoms with Gasteiger partial charge in [-0.05, 0) is 25.7 Å². The molecule has 0 aromatic carbocycles. The fourth-order valence-electron chi connectivity index (χ4n) is 1.85. The van der Waals surface area contributed by atoms with Gasteiger partial charge in [-0.1, -0.05) is 0 Å². The van der Waals surface area contributed by atoms with E-state index in [9.17, 15) is 0 Å². The SMILES string of the molecule is CCN=C(NN)N(C)CC1CCCOC1. The monoisotopic (exact) mass is 214 g/mol. The van der Waals surface area contributed by atoms with Gasteiger partial charge in [0.15, 0.2) is 0 Å². The van der Waals surface area contributed by atoms with Crippen molar-refractivity contribution in [2.24, 2.45) is 16.8 Å². The number of ether oxygens (including phenoxy) is 1. The second-order valence-corrected chi connectivity index (χ2v) is 3.91. The quantitative estimate of drug-likeness (QED) is 0.304. The summed E-state index contributed by atoms with van der Waals surface area (Å²) in [6, 6.07) is 0. The third-order valence-corrected chi connectivity index (χ3v) is 2.59. The van der Waals surface area contributed by atoms with Crippen LogP contribution in [0.2, 0.25) is 0 Å². The van der Waals surface area contributed by atoms with Crippen LogP contribution in [-0.2, 0) is 4.74 Å². The first-order valence-electron chi connectivity index (χ1n) is 5.57. The summed E-state index contributed by atoms with van der Waals surface area (Å²) < 4.78 is 5.44. The topological polar surface area (TPSA) is 62.9 Å². The molecule has 1 atom stereocenters. The zero-order valence-electron chi connectivity index (χ0n) is 9.70. The third kappa shape index (κ3) is 4.05. The van der Waals surface area contributed by atoms with Gasteiger partial charge in [-0.2, -0.15) is 0 Å². The number of hydrogen-bond donors (Lipinski definition) is 2. The molecule has 0 saturated carbocycles. The number of hydrogen-bond acceptors (Lipinski definition) is 3. The van der Waals surface area contributed by atoms with Crippen LogP contribution in [0.3, 0.4) is 0 Å². The van der Waals surface area contributed by atoms with Crippen LogP contribution in [0.5, 0.6) is 0 Å². The molecule has 15 heavy (non-hydrogen) atoms. The van der Waals surface area contributed by atoms with Crippen molar-refractivity contribution < 1.29 is 4.74 Å². The maximum Gasteiger partial charge on any atom is 0.208 e. The Balaban J connectivity index is 2.38. The lowest BCUT2D eigenvalue weighted by molar-refractivity contribution is 0.0482. The van der Waals surface area contributed by atoms with Gasteiger partial charge in [-0.15, -0.1) is 0 Å². The Bertz CT molecular complexity index is 202. The molecule has 1 aliphatic heterocycles. The Kier molecular flexibility index (Phi) is 5.42. The molecule has 0 radical (unpaired) electrons. The van der Waals surface area contributed by atoms with Crippen molar-refractivity contribution in [3.8, 4) is 0 Å². The van der Waals surface area contributed by atoms with Gasteiger partial charge in [0, 0.05) is 26.7 Å². The molecule has 0 aromatic rings. The van der Waals surface area contributed by atoms with E-state index in [0.29, 0.717) is 5.92 Å². The molecule has 88 valence electrons. The minimum Gasteiger partial charge on any atom is -0.381 e. The van der Waals surface area contributed by atoms with Crippen LogP contribution in [0.15, 0.2) is 4.99 Å². The lowest BCUT2D eigenvalue weighted by Gasteiger charge is -2.28. The molecular weight excluding hydrogens is 192 g/mol. The van der Waals surface area contributed by atoms with Crippen LogP contribution in [0.1, 0.15) is 19.8 Å². The molecule has 1 aliphatic rings. The van der Waals surface area contributed by atoms with Gasteiger partial charge in [0.25, 0.3) is 0 Å². The third-order valence-electron chi connectivity index (χ3n) is 2.59. The summed E-state index contributed by atoms with van der Waals surface area (Å²) in [5.74, 6) is 6.76. The predicted octanol–water partition coefficient (Wildman–Crippen LogP) is 0.184. The van der Waals surface area contributed by atoms with Crippen LogP contribution >= 0.6 is 0 Å². The van der Waals surface area contributed by atoms with Crippen molar-refractivity contribution in [3.05, 3.63) is 0 Å². The molecule has 1 unspecified atom stereocenters. The highest BCUT2D eigenvalue weighted by Crippen LogP contribution is 2.14. The smallest absolute Gasteiger partial charge is 0.208 e. The maximum absolute atomic E-state index is 5.44. The molecular formula is C10H22N4O. The summed E-state index contributed by atoms with van der Waals surface area (Å²) in [5.41, 5.74) is 2.63. The van der Waals surface area contributed by atoms with Gasteiger partial charge in [-0.25, -0.2) is 5.84 Å². The van der Waals surface area contributed by atoms with Gasteiger partial charge >= 0.3 is 0 Å². The van der Waals surface area contributed by atoms with E-state index in [1.165, 1.54) is 6.42 Å². The van der Waals surface area contributed by atoms with E-state index < -0.39 is 0 Å². The Morgan fingerprint density at radius 3 is 3.00 bits per heavy atom. The van der Waals surface area contributed by atoms with Crippen molar-refractivity contribution in [3.63, 3.8) is 0 Å². The molecule has 3 N–H and O–H groups in total. The minimum atomic E-state index is 0.596. The first kappa shape index (κ1) is 12.3. The Labute approximate surface area is 91.6 Å². The van der Waals surface area contributed by atoms with E-state index in [1.807, 2.05) is 14.0 Å². The van der Waals surface area contributed by atoms with Crippen molar-refractivity contribution in [2.45, 2.75) is 19.8 Å². The number of nitrogens with two attached hydrogens (primary N) is 1. The highest BCUT2D eigenvalue weighted by molar-refractivity contribution is 5.79. The van der Waals surface area contributed by atoms with Gasteiger partial charge < -0.3 is 9.64 Å². The Hall–Kier alpha value is -0.810. The second-order valence-electron chi connectivity index (χ2n) is 3.91. The van der Waals surface area contributed by atoms with Crippen LogP contribution < -0.4 is 11.3 Å². The summed E-state index contributed by atoms with van der Waals surface area (Å²) >= 11 is 0. The maximum atomic E-state index is 5.44. The van der Waals surface area contributed by atoms with Crippen LogP contribution in [0.25, 0.3) is 0 Å². The molecule has 0 amide bonds. The Morgan fingerprint density at radius 1 is 1.67 bits per heavy atom. The number of nitrogens with one attached hydrogen (secondary N) is 1. The first-order valence-corrected chi connectivity index (χ1v) is 5.57. The van der Waals surface area contributed by atoms with E-state index in [1.54, 1.807) is 0 Å². The predicted molar refractivity (Wildman–Crippen MR) is 61.5 cm³/mol. The first-order chi connectivity index (χ1) is 7.27. The van der Waals surface area contributed by atoms with Crippen LogP contribution in [0, 0.1) is 5.92 Å². The average Bonchev–Trinajstić information content (AvgIpc) is 2.27. The van der Waals surface area contributed by atoms with Crippen molar-refractivity contribution in [2.75, 3.05) is 33.4 Å². The van der Waals surface area contributed by atoms with Crippen molar-refractivity contribution in [1.82, 2.24) is 10.3 Å². The van der Waals surface area contributed by atoms with Crippen molar-refractivity contribution in [1.29, 1.82) is 0 Å². The highest BCUT2D eigenvalue weighted by atomic mass is 16.5. The van der Waals surface area contributed by atoms with Gasteiger partial charge in [0.1, 0.15) is 0 Å². The summed E-state index contributed by atoms with van der Waals surface area (Å²) in [4.78, 5) is 6.33. The largest absolute Gasteiger partial charge is 0.381 e. The number of guanidine groups is 1. The Morgan fingerprint density at radius 2 is 2.47 bits per heavy atom. The average molecular weight is 214 g/mol. The summed E-state index contributed by atoms with van der Waals surface area (Å²) in [6.45, 7) is 5.45. The standard InChI is InChI=1S/C10H22N4O/c1-3-12-10(13-11)14(2)7-9-5-4-6-15-8-9/h9H,3-8,11H2,1-2H3,(H,12,13). The van der Waals surface area contributed by atoms with Gasteiger partial charge in [0.2, 0.25) is 5.96 Å². The van der Waals surface area contributed by atoms with E-state index in [2.05, 4.69) is 15.3 Å². The van der Waals surface area contributed by atoms with Crippen LogP contribution in [0.4, 0.5) is 0 Å². The highest BCUT2D eigenvalue weighted by Gasteiger charge is 2.17. The molecule has 1 saturated heterocycles. The summed E-state index contributed by atoms with van der Waals surface area (Å²) in [5, 5.41) is 0. The molecule has 1 fully saturated rings. The van der Waals surface area contributed by atoms with E-state index in [-0.39, 0.29) is 0 Å². The van der Waals surface area contributed by atoms with Gasteiger partial charge in [0.05, 0.1) is 6.61 Å². The summed E-state index contributed by atoms with van der Waals surface area (Å²) in [6.07, 6.45) is 2.39. The van der Waals surface area contributed by atoms with E-state index in [4.69, 9.17) is 10.6 Å². The van der Waals surface area contributed by atoms with Crippen molar-refractivity contribution >= 4 is 5.96 Å². The van der Waals surface area contributed by atoms with E-state index >= 15 is 0 Å². The molecule has 5 heteroatoms. The zero-order valence-corrected chi connectivity index (χ0v) is 9.70. The fourth-order valence-corrected chi connectivity index (χ4v) is 1.85. The number of hydrazine groups is 1. The molecule has 0 bridgehead atoms. The molecule has 0 aromatic heterocycles. The molecule has 1 heterocycles. The number of nitrogens with zero attached hydrogens (tertiary/aromatic N) is 2. The molecule has 0 aliphatic carbocycles. The lowest BCUT2D eigenvalue weighted by Crippen LogP contribution is -2.45. The second kappa shape index (κ2) is 6.63. The minimum absolute atomic E-state index is 0.596. The molecule has 1 rings (SSSR count). The zero-order chi connectivity index (χ0) is 11.1. The van der Waals surface area contributed by atoms with E-state index in [0.717, 1.165) is 38.7 Å². The summed E-state index contributed by atoms with van der Waals surface area (Å²) in [7, 11) is 2.00. The molecule has 5 nitrogen and oxygen atoms in total. The number of rotatable bonds is 3. The van der Waals surface area contributed by atoms with Crippen LogP contribution in [-0.4, -0.2) is 44.2 Å².